The van der Waals surface area contributed by atoms with E-state index in [2.05, 4.69) is 4.98 Å². The highest BCUT2D eigenvalue weighted by atomic mass is 32.2. The van der Waals surface area contributed by atoms with Crippen LogP contribution in [0.3, 0.4) is 0 Å². The lowest BCUT2D eigenvalue weighted by atomic mass is 10.0. The molecule has 0 unspecified atom stereocenters. The van der Waals surface area contributed by atoms with Crippen LogP contribution in [0.25, 0.3) is 0 Å². The number of rotatable bonds is 3. The maximum Gasteiger partial charge on any atom is 0.335 e. The van der Waals surface area contributed by atoms with Gasteiger partial charge in [-0.2, -0.15) is 0 Å². The van der Waals surface area contributed by atoms with Crippen LogP contribution in [-0.4, -0.2) is 65.8 Å². The van der Waals surface area contributed by atoms with E-state index in [9.17, 15) is 20.1 Å². The lowest BCUT2D eigenvalue weighted by Gasteiger charge is -2.38. The molecule has 0 bridgehead atoms. The molecule has 1 saturated heterocycles. The number of carboxylic acids is 1. The van der Waals surface area contributed by atoms with Gasteiger partial charge in [-0.05, 0) is 0 Å². The predicted molar refractivity (Wildman–Crippen MR) is 63.4 cm³/mol. The SMILES string of the molecule is Cn1ccnc1S[C@H]1O[C@H](C(=O)O)[C@H](O)[C@@H](O)[C@H]1O. The van der Waals surface area contributed by atoms with Crippen molar-refractivity contribution in [2.45, 2.75) is 35.0 Å². The van der Waals surface area contributed by atoms with Crippen molar-refractivity contribution >= 4 is 17.7 Å². The molecule has 1 aliphatic rings. The number of ether oxygens (including phenoxy) is 1. The van der Waals surface area contributed by atoms with Crippen molar-refractivity contribution in [3.8, 4) is 0 Å². The normalized spacial score (nSPS) is 35.3. The van der Waals surface area contributed by atoms with Crippen LogP contribution in [0.1, 0.15) is 0 Å². The standard InChI is InChI=1S/C10H14N2O6S/c1-12-3-2-11-10(12)19-9-6(15)4(13)5(14)7(18-9)8(16)17/h2-7,9,13-15H,1H3,(H,16,17)/t4-,5-,6-,7+,9-/m1/s1. The second-order valence-electron chi connectivity index (χ2n) is 4.17. The summed E-state index contributed by atoms with van der Waals surface area (Å²) >= 11 is 0.978. The summed E-state index contributed by atoms with van der Waals surface area (Å²) in [7, 11) is 1.73. The first-order valence-electron chi connectivity index (χ1n) is 5.48. The number of carboxylic acid groups (broad SMARTS) is 1. The highest BCUT2D eigenvalue weighted by Gasteiger charge is 2.47. The van der Waals surface area contributed by atoms with E-state index in [-0.39, 0.29) is 0 Å². The van der Waals surface area contributed by atoms with Crippen LogP contribution in [-0.2, 0) is 16.6 Å². The van der Waals surface area contributed by atoms with E-state index in [0.29, 0.717) is 5.16 Å². The number of nitrogens with zero attached hydrogens (tertiary/aromatic N) is 2. The minimum Gasteiger partial charge on any atom is -0.479 e. The van der Waals surface area contributed by atoms with Gasteiger partial charge in [0.1, 0.15) is 23.7 Å². The number of thioether (sulfide) groups is 1. The van der Waals surface area contributed by atoms with Crippen LogP contribution >= 0.6 is 11.8 Å². The summed E-state index contributed by atoms with van der Waals surface area (Å²) in [5, 5.41) is 38.4. The van der Waals surface area contributed by atoms with Crippen LogP contribution in [0.2, 0.25) is 0 Å². The largest absolute Gasteiger partial charge is 0.479 e. The molecule has 0 spiro atoms. The molecular formula is C10H14N2O6S. The second-order valence-corrected chi connectivity index (χ2v) is 5.24. The van der Waals surface area contributed by atoms with Crippen molar-refractivity contribution in [3.05, 3.63) is 12.4 Å². The Bertz CT molecular complexity index is 467. The lowest BCUT2D eigenvalue weighted by Crippen LogP contribution is -2.58. The molecule has 5 atom stereocenters. The molecule has 0 amide bonds. The monoisotopic (exact) mass is 290 g/mol. The Hall–Kier alpha value is -1.13. The molecule has 4 N–H and O–H groups in total. The maximum absolute atomic E-state index is 10.9. The molecule has 0 radical (unpaired) electrons. The van der Waals surface area contributed by atoms with Crippen molar-refractivity contribution in [2.24, 2.45) is 7.05 Å². The molecule has 0 saturated carbocycles. The molecule has 8 nitrogen and oxygen atoms in total. The third-order valence-corrected chi connectivity index (χ3v) is 4.04. The fourth-order valence-electron chi connectivity index (χ4n) is 1.72. The third-order valence-electron chi connectivity index (χ3n) is 2.81. The first-order valence-corrected chi connectivity index (χ1v) is 6.36. The average molecular weight is 290 g/mol. The molecule has 9 heteroatoms. The quantitative estimate of drug-likeness (QED) is 0.525. The Kier molecular flexibility index (Phi) is 4.11. The number of carbonyl (C=O) groups is 1. The molecule has 1 aromatic heterocycles. The van der Waals surface area contributed by atoms with Crippen molar-refractivity contribution in [3.63, 3.8) is 0 Å². The van der Waals surface area contributed by atoms with Crippen molar-refractivity contribution in [1.82, 2.24) is 9.55 Å². The Balaban J connectivity index is 2.15. The van der Waals surface area contributed by atoms with E-state index in [1.807, 2.05) is 0 Å². The molecule has 0 aliphatic carbocycles. The van der Waals surface area contributed by atoms with Crippen LogP contribution in [0, 0.1) is 0 Å². The molecule has 1 aliphatic heterocycles. The minimum absolute atomic E-state index is 0.497. The molecule has 1 fully saturated rings. The van der Waals surface area contributed by atoms with E-state index in [1.165, 1.54) is 6.20 Å². The van der Waals surface area contributed by atoms with Gasteiger partial charge in [-0.25, -0.2) is 9.78 Å². The first-order chi connectivity index (χ1) is 8.91. The van der Waals surface area contributed by atoms with E-state index in [0.717, 1.165) is 11.8 Å². The van der Waals surface area contributed by atoms with Gasteiger partial charge >= 0.3 is 5.97 Å². The fourth-order valence-corrected chi connectivity index (χ4v) is 2.75. The van der Waals surface area contributed by atoms with Crippen LogP contribution in [0.15, 0.2) is 17.6 Å². The fraction of sp³-hybridized carbons (Fsp3) is 0.600. The highest BCUT2D eigenvalue weighted by Crippen LogP contribution is 2.32. The third kappa shape index (κ3) is 2.74. The Morgan fingerprint density at radius 3 is 2.58 bits per heavy atom. The topological polar surface area (TPSA) is 125 Å². The van der Waals surface area contributed by atoms with Gasteiger partial charge in [0.2, 0.25) is 0 Å². The predicted octanol–water partition coefficient (Wildman–Crippen LogP) is -1.60. The Labute approximate surface area is 112 Å². The number of hydrogen-bond donors (Lipinski definition) is 4. The van der Waals surface area contributed by atoms with Crippen LogP contribution in [0.4, 0.5) is 0 Å². The number of aryl methyl sites for hydroxylation is 1. The molecule has 1 aromatic rings. The van der Waals surface area contributed by atoms with Gasteiger partial charge < -0.3 is 29.7 Å². The van der Waals surface area contributed by atoms with Gasteiger partial charge in [0.05, 0.1) is 0 Å². The average Bonchev–Trinajstić information content (AvgIpc) is 2.75. The Morgan fingerprint density at radius 2 is 2.05 bits per heavy atom. The van der Waals surface area contributed by atoms with Gasteiger partial charge in [-0.1, -0.05) is 11.8 Å². The van der Waals surface area contributed by atoms with Gasteiger partial charge in [-0.15, -0.1) is 0 Å². The summed E-state index contributed by atoms with van der Waals surface area (Å²) in [6.07, 6.45) is -3.04. The number of aliphatic hydroxyl groups excluding tert-OH is 3. The molecule has 0 aromatic carbocycles. The van der Waals surface area contributed by atoms with Crippen molar-refractivity contribution in [1.29, 1.82) is 0 Å². The zero-order valence-electron chi connectivity index (χ0n) is 9.95. The maximum atomic E-state index is 10.9. The number of aliphatic hydroxyl groups is 3. The Morgan fingerprint density at radius 1 is 1.37 bits per heavy atom. The molecule has 2 heterocycles. The molecule has 19 heavy (non-hydrogen) atoms. The van der Waals surface area contributed by atoms with E-state index < -0.39 is 35.8 Å². The lowest BCUT2D eigenvalue weighted by molar-refractivity contribution is -0.209. The summed E-state index contributed by atoms with van der Waals surface area (Å²) in [6, 6.07) is 0. The van der Waals surface area contributed by atoms with Gasteiger partial charge in [0.25, 0.3) is 0 Å². The molecule has 106 valence electrons. The van der Waals surface area contributed by atoms with E-state index >= 15 is 0 Å². The summed E-state index contributed by atoms with van der Waals surface area (Å²) in [6.45, 7) is 0. The summed E-state index contributed by atoms with van der Waals surface area (Å²) in [5.41, 5.74) is -1.03. The van der Waals surface area contributed by atoms with Crippen LogP contribution < -0.4 is 0 Å². The number of imidazole rings is 1. The molecule has 2 rings (SSSR count). The summed E-state index contributed by atoms with van der Waals surface area (Å²) in [5.74, 6) is -1.40. The van der Waals surface area contributed by atoms with Gasteiger partial charge in [0.15, 0.2) is 11.3 Å². The number of aromatic nitrogens is 2. The number of aliphatic carboxylic acids is 1. The summed E-state index contributed by atoms with van der Waals surface area (Å²) < 4.78 is 6.78. The van der Waals surface area contributed by atoms with Gasteiger partial charge in [0, 0.05) is 19.4 Å². The zero-order valence-corrected chi connectivity index (χ0v) is 10.8. The minimum atomic E-state index is -1.68. The van der Waals surface area contributed by atoms with E-state index in [1.54, 1.807) is 17.8 Å². The highest BCUT2D eigenvalue weighted by molar-refractivity contribution is 7.99. The summed E-state index contributed by atoms with van der Waals surface area (Å²) in [4.78, 5) is 14.9. The van der Waals surface area contributed by atoms with Crippen molar-refractivity contribution < 1.29 is 30.0 Å². The van der Waals surface area contributed by atoms with Crippen molar-refractivity contribution in [2.75, 3.05) is 0 Å². The first kappa shape index (κ1) is 14.3. The zero-order chi connectivity index (χ0) is 14.2. The molecular weight excluding hydrogens is 276 g/mol. The van der Waals surface area contributed by atoms with E-state index in [4.69, 9.17) is 9.84 Å². The second kappa shape index (κ2) is 5.47. The number of hydrogen-bond acceptors (Lipinski definition) is 7. The van der Waals surface area contributed by atoms with Gasteiger partial charge in [-0.3, -0.25) is 0 Å². The van der Waals surface area contributed by atoms with Crippen LogP contribution in [0.5, 0.6) is 0 Å². The smallest absolute Gasteiger partial charge is 0.335 e.